The van der Waals surface area contributed by atoms with Gasteiger partial charge in [0, 0.05) is 12.1 Å². The largest absolute Gasteiger partial charge is 0.497 e. The average molecular weight is 339 g/mol. The molecule has 1 heterocycles. The van der Waals surface area contributed by atoms with E-state index >= 15 is 0 Å². The van der Waals surface area contributed by atoms with Crippen molar-refractivity contribution in [1.82, 2.24) is 4.90 Å². The maximum absolute atomic E-state index is 13.0. The van der Waals surface area contributed by atoms with Crippen LogP contribution in [-0.2, 0) is 11.3 Å². The van der Waals surface area contributed by atoms with E-state index in [0.29, 0.717) is 17.7 Å². The van der Waals surface area contributed by atoms with E-state index < -0.39 is 17.4 Å². The molecule has 2 aromatic rings. The van der Waals surface area contributed by atoms with E-state index in [9.17, 15) is 14.7 Å². The minimum Gasteiger partial charge on any atom is -0.497 e. The highest BCUT2D eigenvalue weighted by Gasteiger charge is 2.48. The molecule has 0 saturated carbocycles. The van der Waals surface area contributed by atoms with Gasteiger partial charge in [-0.1, -0.05) is 30.3 Å². The van der Waals surface area contributed by atoms with Crippen molar-refractivity contribution in [2.24, 2.45) is 0 Å². The third-order valence-electron chi connectivity index (χ3n) is 4.90. The van der Waals surface area contributed by atoms with E-state index in [4.69, 9.17) is 4.74 Å². The lowest BCUT2D eigenvalue weighted by atomic mass is 9.74. The quantitative estimate of drug-likeness (QED) is 0.928. The second kappa shape index (κ2) is 6.24. The summed E-state index contributed by atoms with van der Waals surface area (Å²) in [6, 6.07) is 14.4. The van der Waals surface area contributed by atoms with Crippen LogP contribution in [0.1, 0.15) is 41.3 Å². The van der Waals surface area contributed by atoms with Gasteiger partial charge in [0.25, 0.3) is 5.91 Å². The number of carbonyl (C=O) groups is 2. The molecular formula is C20H21NO4. The third kappa shape index (κ3) is 2.86. The highest BCUT2D eigenvalue weighted by atomic mass is 16.5. The number of methoxy groups -OCH3 is 1. The first-order valence-electron chi connectivity index (χ1n) is 8.13. The molecule has 1 aliphatic heterocycles. The number of aliphatic carboxylic acids is 1. The first kappa shape index (κ1) is 17.0. The Morgan fingerprint density at radius 3 is 2.40 bits per heavy atom. The maximum atomic E-state index is 13.0. The summed E-state index contributed by atoms with van der Waals surface area (Å²) in [6.07, 6.45) is 0. The van der Waals surface area contributed by atoms with Crippen molar-refractivity contribution in [2.45, 2.75) is 31.8 Å². The summed E-state index contributed by atoms with van der Waals surface area (Å²) in [5.41, 5.74) is 1.11. The summed E-state index contributed by atoms with van der Waals surface area (Å²) in [4.78, 5) is 26.7. The van der Waals surface area contributed by atoms with Crippen molar-refractivity contribution < 1.29 is 19.4 Å². The summed E-state index contributed by atoms with van der Waals surface area (Å²) >= 11 is 0. The lowest BCUT2D eigenvalue weighted by Crippen LogP contribution is -2.56. The zero-order chi connectivity index (χ0) is 18.2. The molecule has 5 nitrogen and oxygen atoms in total. The highest BCUT2D eigenvalue weighted by Crippen LogP contribution is 2.41. The molecule has 2 aromatic carbocycles. The molecule has 130 valence electrons. The topological polar surface area (TPSA) is 66.8 Å². The number of rotatable bonds is 4. The Bertz CT molecular complexity index is 811. The summed E-state index contributed by atoms with van der Waals surface area (Å²) in [5, 5.41) is 9.80. The first-order chi connectivity index (χ1) is 11.9. The van der Waals surface area contributed by atoms with Gasteiger partial charge in [-0.15, -0.1) is 0 Å². The molecule has 1 N–H and O–H groups in total. The third-order valence-corrected chi connectivity index (χ3v) is 4.90. The molecule has 1 aliphatic rings. The maximum Gasteiger partial charge on any atom is 0.313 e. The number of nitrogens with zero attached hydrogens (tertiary/aromatic N) is 1. The van der Waals surface area contributed by atoms with E-state index in [1.165, 1.54) is 0 Å². The molecule has 3 rings (SSSR count). The molecule has 0 fully saturated rings. The number of fused-ring (bicyclic) bond motifs is 1. The smallest absolute Gasteiger partial charge is 0.313 e. The molecule has 1 unspecified atom stereocenters. The van der Waals surface area contributed by atoms with Crippen LogP contribution < -0.4 is 4.74 Å². The van der Waals surface area contributed by atoms with Gasteiger partial charge in [-0.2, -0.15) is 0 Å². The fourth-order valence-electron chi connectivity index (χ4n) is 3.51. The Morgan fingerprint density at radius 2 is 1.80 bits per heavy atom. The van der Waals surface area contributed by atoms with Gasteiger partial charge in [0.05, 0.1) is 12.6 Å². The number of benzene rings is 2. The van der Waals surface area contributed by atoms with Crippen LogP contribution in [0.5, 0.6) is 5.75 Å². The van der Waals surface area contributed by atoms with Crippen LogP contribution in [0.25, 0.3) is 0 Å². The number of amides is 1. The molecule has 0 bridgehead atoms. The molecular weight excluding hydrogens is 318 g/mol. The fraction of sp³-hybridized carbons (Fsp3) is 0.300. The van der Waals surface area contributed by atoms with E-state index in [-0.39, 0.29) is 5.91 Å². The lowest BCUT2D eigenvalue weighted by molar-refractivity contribution is -0.142. The Hall–Kier alpha value is -2.82. The molecule has 0 saturated heterocycles. The van der Waals surface area contributed by atoms with Gasteiger partial charge >= 0.3 is 5.97 Å². The van der Waals surface area contributed by atoms with Crippen molar-refractivity contribution >= 4 is 11.9 Å². The Morgan fingerprint density at radius 1 is 1.16 bits per heavy atom. The van der Waals surface area contributed by atoms with Crippen molar-refractivity contribution in [3.05, 3.63) is 65.2 Å². The molecule has 1 atom stereocenters. The number of carbonyl (C=O) groups excluding carboxylic acids is 1. The van der Waals surface area contributed by atoms with Gasteiger partial charge in [-0.05, 0) is 43.2 Å². The second-order valence-corrected chi connectivity index (χ2v) is 6.75. The van der Waals surface area contributed by atoms with Gasteiger partial charge in [0.2, 0.25) is 0 Å². The first-order valence-corrected chi connectivity index (χ1v) is 8.13. The van der Waals surface area contributed by atoms with E-state index in [1.54, 1.807) is 36.3 Å². The Kier molecular flexibility index (Phi) is 4.25. The van der Waals surface area contributed by atoms with E-state index in [1.807, 2.05) is 38.1 Å². The summed E-state index contributed by atoms with van der Waals surface area (Å²) in [7, 11) is 1.60. The van der Waals surface area contributed by atoms with Gasteiger partial charge in [0.1, 0.15) is 11.7 Å². The second-order valence-electron chi connectivity index (χ2n) is 6.75. The number of carboxylic acids is 1. The minimum absolute atomic E-state index is 0.145. The number of carboxylic acid groups (broad SMARTS) is 1. The van der Waals surface area contributed by atoms with Crippen molar-refractivity contribution in [3.63, 3.8) is 0 Å². The molecule has 0 aromatic heterocycles. The van der Waals surface area contributed by atoms with Crippen molar-refractivity contribution in [2.75, 3.05) is 7.11 Å². The van der Waals surface area contributed by atoms with E-state index in [2.05, 4.69) is 0 Å². The van der Waals surface area contributed by atoms with E-state index in [0.717, 1.165) is 11.3 Å². The van der Waals surface area contributed by atoms with Crippen molar-refractivity contribution in [1.29, 1.82) is 0 Å². The number of hydrogen-bond donors (Lipinski definition) is 1. The van der Waals surface area contributed by atoms with Crippen LogP contribution in [0, 0.1) is 0 Å². The van der Waals surface area contributed by atoms with Gasteiger partial charge in [-0.25, -0.2) is 0 Å². The summed E-state index contributed by atoms with van der Waals surface area (Å²) in [6.45, 7) is 3.96. The normalized spacial score (nSPS) is 18.6. The average Bonchev–Trinajstić information content (AvgIpc) is 2.58. The predicted molar refractivity (Wildman–Crippen MR) is 93.8 cm³/mol. The lowest BCUT2D eigenvalue weighted by Gasteiger charge is -2.46. The predicted octanol–water partition coefficient (Wildman–Crippen LogP) is 3.30. The van der Waals surface area contributed by atoms with Crippen LogP contribution in [0.4, 0.5) is 0 Å². The SMILES string of the molecule is COc1ccc(CN2C(=O)c3ccccc3C(C(=O)O)C2(C)C)cc1. The highest BCUT2D eigenvalue weighted by molar-refractivity contribution is 6.00. The summed E-state index contributed by atoms with van der Waals surface area (Å²) in [5.74, 6) is -1.11. The molecule has 0 spiro atoms. The van der Waals surface area contributed by atoms with Gasteiger partial charge in [0.15, 0.2) is 0 Å². The van der Waals surface area contributed by atoms with Crippen LogP contribution >= 0.6 is 0 Å². The summed E-state index contributed by atoms with van der Waals surface area (Å²) < 4.78 is 5.16. The van der Waals surface area contributed by atoms with Crippen LogP contribution in [-0.4, -0.2) is 34.5 Å². The monoisotopic (exact) mass is 339 g/mol. The number of ether oxygens (including phenoxy) is 1. The molecule has 5 heteroatoms. The Labute approximate surface area is 146 Å². The molecule has 0 radical (unpaired) electrons. The van der Waals surface area contributed by atoms with Crippen LogP contribution in [0.3, 0.4) is 0 Å². The minimum atomic E-state index is -0.926. The zero-order valence-electron chi connectivity index (χ0n) is 14.5. The van der Waals surface area contributed by atoms with Crippen molar-refractivity contribution in [3.8, 4) is 5.75 Å². The van der Waals surface area contributed by atoms with Gasteiger partial charge < -0.3 is 14.7 Å². The number of hydrogen-bond acceptors (Lipinski definition) is 3. The fourth-order valence-corrected chi connectivity index (χ4v) is 3.51. The molecule has 25 heavy (non-hydrogen) atoms. The van der Waals surface area contributed by atoms with Crippen LogP contribution in [0.2, 0.25) is 0 Å². The molecule has 1 amide bonds. The zero-order valence-corrected chi connectivity index (χ0v) is 14.5. The Balaban J connectivity index is 2.03. The van der Waals surface area contributed by atoms with Crippen LogP contribution in [0.15, 0.2) is 48.5 Å². The standard InChI is InChI=1S/C20H21NO4/c1-20(2)17(19(23)24)15-6-4-5-7-16(15)18(22)21(20)12-13-8-10-14(25-3)11-9-13/h4-11,17H,12H2,1-3H3,(H,23,24). The van der Waals surface area contributed by atoms with Gasteiger partial charge in [-0.3, -0.25) is 9.59 Å². The molecule has 0 aliphatic carbocycles.